The summed E-state index contributed by atoms with van der Waals surface area (Å²) in [6.45, 7) is 13.5. The first-order valence-electron chi connectivity index (χ1n) is 6.82. The molecule has 136 valence electrons. The zero-order chi connectivity index (χ0) is 20.8. The minimum Gasteiger partial charge on any atom is 0 e. The predicted molar refractivity (Wildman–Crippen MR) is 79.6 cm³/mol. The van der Waals surface area contributed by atoms with Gasteiger partial charge in [0.1, 0.15) is 5.76 Å². The van der Waals surface area contributed by atoms with E-state index in [0.29, 0.717) is 18.6 Å². The molecule has 0 aromatic heterocycles. The number of hydrogen-bond donors (Lipinski definition) is 0. The predicted octanol–water partition coefficient (Wildman–Crippen LogP) is 2.06. The standard InChI is InChI=1S/C15H12N4O.3CO.Fe/c1-20-13-4-2-11-6-12(3-5-13)15(9-18,10-19)14(11,7-16)8-17;3*1-2;/h2,4-5,11-12H,3,6H2,1H3;;;;/b4-2-,13-5+;;;;. The Morgan fingerprint density at radius 2 is 1.41 bits per heavy atom. The van der Waals surface area contributed by atoms with Crippen molar-refractivity contribution >= 4 is 0 Å². The van der Waals surface area contributed by atoms with Crippen molar-refractivity contribution < 1.29 is 35.8 Å². The monoisotopic (exact) mass is 404 g/mol. The Morgan fingerprint density at radius 3 is 1.78 bits per heavy atom. The van der Waals surface area contributed by atoms with Crippen LogP contribution in [0.15, 0.2) is 24.0 Å². The van der Waals surface area contributed by atoms with Gasteiger partial charge in [-0.2, -0.15) is 21.0 Å². The molecule has 8 nitrogen and oxygen atoms in total. The molecule has 0 heterocycles. The van der Waals surface area contributed by atoms with Gasteiger partial charge in [0, 0.05) is 23.0 Å². The van der Waals surface area contributed by atoms with Crippen LogP contribution in [0.2, 0.25) is 0 Å². The van der Waals surface area contributed by atoms with Gasteiger partial charge in [-0.15, -0.1) is 0 Å². The molecule has 27 heavy (non-hydrogen) atoms. The average Bonchev–Trinajstić information content (AvgIpc) is 3.01. The quantitative estimate of drug-likeness (QED) is 0.370. The minimum atomic E-state index is -1.63. The fourth-order valence-electron chi connectivity index (χ4n) is 3.21. The van der Waals surface area contributed by atoms with Crippen molar-refractivity contribution in [1.82, 2.24) is 0 Å². The van der Waals surface area contributed by atoms with E-state index in [1.807, 2.05) is 24.3 Å². The number of nitriles is 4. The Kier molecular flexibility index (Phi) is 15.1. The van der Waals surface area contributed by atoms with Gasteiger partial charge in [-0.3, -0.25) is 0 Å². The Hall–Kier alpha value is -3.02. The number of ether oxygens (including phenoxy) is 1. The molecule has 9 heteroatoms. The summed E-state index contributed by atoms with van der Waals surface area (Å²) in [7, 11) is 1.53. The van der Waals surface area contributed by atoms with Crippen LogP contribution in [0.3, 0.4) is 0 Å². The van der Waals surface area contributed by atoms with E-state index in [9.17, 15) is 21.0 Å². The SMILES string of the molecule is COC1=C/CC2CC(/C=C\1)C(C#N)(C#N)C2(C#N)C#N.[C-]#[O+].[C-]#[O+].[C-]#[O+].[Fe]. The third kappa shape index (κ3) is 4.78. The molecule has 2 bridgehead atoms. The number of rotatable bonds is 1. The maximum absolute atomic E-state index is 9.52. The summed E-state index contributed by atoms with van der Waals surface area (Å²) in [6, 6.07) is 7.86. The van der Waals surface area contributed by atoms with Crippen molar-refractivity contribution in [2.45, 2.75) is 12.8 Å². The Bertz CT molecular complexity index is 742. The first-order valence-corrected chi connectivity index (χ1v) is 6.82. The molecule has 1 fully saturated rings. The number of fused-ring (bicyclic) bond motifs is 2. The van der Waals surface area contributed by atoms with Gasteiger partial charge in [0.2, 0.25) is 0 Å². The van der Waals surface area contributed by atoms with Crippen molar-refractivity contribution in [2.75, 3.05) is 7.11 Å². The fourth-order valence-corrected chi connectivity index (χ4v) is 3.21. The smallest absolute Gasteiger partial charge is 0 e. The van der Waals surface area contributed by atoms with Crippen molar-refractivity contribution in [3.63, 3.8) is 0 Å². The van der Waals surface area contributed by atoms with Gasteiger partial charge < -0.3 is 4.74 Å². The van der Waals surface area contributed by atoms with Crippen molar-refractivity contribution in [1.29, 1.82) is 21.0 Å². The maximum Gasteiger partial charge on any atom is 0 e. The second-order valence-electron chi connectivity index (χ2n) is 5.01. The van der Waals surface area contributed by atoms with E-state index in [-0.39, 0.29) is 23.0 Å². The van der Waals surface area contributed by atoms with Gasteiger partial charge in [0.15, 0.2) is 10.8 Å². The van der Waals surface area contributed by atoms with Gasteiger partial charge in [0.05, 0.1) is 31.4 Å². The molecular weight excluding hydrogens is 392 g/mol. The topological polar surface area (TPSA) is 164 Å². The number of methoxy groups -OCH3 is 1. The van der Waals surface area contributed by atoms with Crippen LogP contribution in [0.25, 0.3) is 0 Å². The summed E-state index contributed by atoms with van der Waals surface area (Å²) >= 11 is 0. The van der Waals surface area contributed by atoms with E-state index in [4.69, 9.17) is 18.7 Å². The normalized spacial score (nSPS) is 24.5. The summed E-state index contributed by atoms with van der Waals surface area (Å²) < 4.78 is 27.7. The largest absolute Gasteiger partial charge is 0 e. The van der Waals surface area contributed by atoms with Crippen molar-refractivity contribution in [2.24, 2.45) is 22.7 Å². The molecule has 2 unspecified atom stereocenters. The maximum atomic E-state index is 9.52. The molecule has 0 aromatic rings. The average molecular weight is 404 g/mol. The molecule has 0 amide bonds. The van der Waals surface area contributed by atoms with Gasteiger partial charge >= 0.3 is 33.9 Å². The van der Waals surface area contributed by atoms with Crippen LogP contribution in [0.1, 0.15) is 12.8 Å². The second-order valence-corrected chi connectivity index (χ2v) is 5.01. The fraction of sp³-hybridized carbons (Fsp3) is 0.389. The minimum absolute atomic E-state index is 0. The molecule has 0 spiro atoms. The molecule has 0 aliphatic heterocycles. The summed E-state index contributed by atoms with van der Waals surface area (Å²) in [5.74, 6) is -0.172. The molecule has 0 radical (unpaired) electrons. The van der Waals surface area contributed by atoms with E-state index in [1.54, 1.807) is 18.2 Å². The van der Waals surface area contributed by atoms with E-state index in [0.717, 1.165) is 0 Å². The van der Waals surface area contributed by atoms with E-state index >= 15 is 0 Å². The van der Waals surface area contributed by atoms with E-state index < -0.39 is 16.7 Å². The van der Waals surface area contributed by atoms with Crippen LogP contribution in [0.4, 0.5) is 0 Å². The van der Waals surface area contributed by atoms with E-state index in [1.165, 1.54) is 7.11 Å². The Labute approximate surface area is 167 Å². The molecule has 2 atom stereocenters. The van der Waals surface area contributed by atoms with Crippen molar-refractivity contribution in [3.05, 3.63) is 43.9 Å². The molecule has 1 saturated carbocycles. The molecule has 0 N–H and O–H groups in total. The summed E-state index contributed by atoms with van der Waals surface area (Å²) in [5, 5.41) is 38.1. The molecule has 2 rings (SSSR count). The summed E-state index contributed by atoms with van der Waals surface area (Å²) in [6.07, 6.45) is 6.13. The van der Waals surface area contributed by atoms with Crippen LogP contribution in [0.5, 0.6) is 0 Å². The van der Waals surface area contributed by atoms with E-state index in [2.05, 4.69) is 20.0 Å². The first-order chi connectivity index (χ1) is 12.6. The van der Waals surface area contributed by atoms with Crippen molar-refractivity contribution in [3.8, 4) is 24.3 Å². The first kappa shape index (κ1) is 28.8. The summed E-state index contributed by atoms with van der Waals surface area (Å²) in [5.41, 5.74) is -3.24. The second kappa shape index (κ2) is 14.2. The zero-order valence-corrected chi connectivity index (χ0v) is 15.2. The number of hydrogen-bond acceptors (Lipinski definition) is 5. The zero-order valence-electron chi connectivity index (χ0n) is 14.1. The molecule has 2 aliphatic rings. The van der Waals surface area contributed by atoms with Crippen LogP contribution >= 0.6 is 0 Å². The molecule has 2 aliphatic carbocycles. The van der Waals surface area contributed by atoms with Crippen LogP contribution < -0.4 is 0 Å². The number of nitrogens with zero attached hydrogens (tertiary/aromatic N) is 4. The molecule has 0 aromatic carbocycles. The third-order valence-corrected chi connectivity index (χ3v) is 4.37. The van der Waals surface area contributed by atoms with Crippen LogP contribution in [-0.4, -0.2) is 7.11 Å². The number of allylic oxidation sites excluding steroid dienone is 3. The Balaban J connectivity index is -0.000000749. The van der Waals surface area contributed by atoms with Crippen LogP contribution in [0, 0.1) is 87.9 Å². The van der Waals surface area contributed by atoms with Crippen LogP contribution in [-0.2, 0) is 35.8 Å². The molecular formula is C18H12FeN4O4. The third-order valence-electron chi connectivity index (χ3n) is 4.37. The van der Waals surface area contributed by atoms with Gasteiger partial charge in [-0.1, -0.05) is 6.08 Å². The Morgan fingerprint density at radius 1 is 0.963 bits per heavy atom. The van der Waals surface area contributed by atoms with Gasteiger partial charge in [-0.25, -0.2) is 0 Å². The molecule has 0 saturated heterocycles. The summed E-state index contributed by atoms with van der Waals surface area (Å²) in [4.78, 5) is 0. The van der Waals surface area contributed by atoms with Gasteiger partial charge in [-0.05, 0) is 30.9 Å². The van der Waals surface area contributed by atoms with Gasteiger partial charge in [0.25, 0.3) is 0 Å².